The summed E-state index contributed by atoms with van der Waals surface area (Å²) in [6.07, 6.45) is 4.81. The summed E-state index contributed by atoms with van der Waals surface area (Å²) in [5, 5.41) is 2.92. The molecule has 1 saturated carbocycles. The zero-order chi connectivity index (χ0) is 23.3. The maximum Gasteiger partial charge on any atom is 0.308 e. The number of benzene rings is 1. The van der Waals surface area contributed by atoms with Crippen LogP contribution in [-0.2, 0) is 9.53 Å². The van der Waals surface area contributed by atoms with E-state index in [1.165, 1.54) is 12.8 Å². The summed E-state index contributed by atoms with van der Waals surface area (Å²) in [5.74, 6) is 0.492. The van der Waals surface area contributed by atoms with Crippen molar-refractivity contribution >= 4 is 51.5 Å². The van der Waals surface area contributed by atoms with Gasteiger partial charge in [0.1, 0.15) is 11.8 Å². The van der Waals surface area contributed by atoms with Crippen molar-refractivity contribution in [2.24, 2.45) is 5.92 Å². The zero-order valence-corrected chi connectivity index (χ0v) is 21.1. The maximum atomic E-state index is 11.1. The van der Waals surface area contributed by atoms with Crippen molar-refractivity contribution in [1.82, 2.24) is 9.97 Å². The number of rotatable bonds is 5. The van der Waals surface area contributed by atoms with Gasteiger partial charge in [0, 0.05) is 0 Å². The number of fused-ring (bicyclic) bond motifs is 1. The Hall–Kier alpha value is -1.89. The molecule has 4 rings (SSSR count). The number of nitrogens with zero attached hydrogens (tertiary/aromatic N) is 2. The number of carbonyl (C=O) groups is 1. The summed E-state index contributed by atoms with van der Waals surface area (Å²) in [5.41, 5.74) is 2.09. The molecular weight excluding hydrogens is 467 g/mol. The third-order valence-corrected chi connectivity index (χ3v) is 6.43. The molecule has 0 radical (unpaired) electrons. The Morgan fingerprint density at radius 2 is 1.69 bits per heavy atom. The van der Waals surface area contributed by atoms with Gasteiger partial charge in [-0.25, -0.2) is 9.97 Å². The van der Waals surface area contributed by atoms with E-state index >= 15 is 0 Å². The van der Waals surface area contributed by atoms with Crippen molar-refractivity contribution in [1.29, 1.82) is 0 Å². The summed E-state index contributed by atoms with van der Waals surface area (Å²) >= 11 is 13.7. The van der Waals surface area contributed by atoms with Crippen LogP contribution in [0.3, 0.4) is 0 Å². The molecule has 1 aliphatic carbocycles. The highest BCUT2D eigenvalue weighted by molar-refractivity contribution is 7.13. The number of carbonyl (C=O) groups excluding carboxylic acids is 1. The van der Waals surface area contributed by atoms with Crippen molar-refractivity contribution in [3.05, 3.63) is 39.7 Å². The average Bonchev–Trinajstić information content (AvgIpc) is 3.43. The van der Waals surface area contributed by atoms with Gasteiger partial charge < -0.3 is 9.47 Å². The molecule has 3 aromatic rings. The van der Waals surface area contributed by atoms with Gasteiger partial charge in [-0.1, -0.05) is 43.1 Å². The van der Waals surface area contributed by atoms with E-state index in [9.17, 15) is 4.79 Å². The Bertz CT molecular complexity index is 1050. The molecule has 2 aromatic heterocycles. The molecule has 1 aromatic carbocycles. The predicted octanol–water partition coefficient (Wildman–Crippen LogP) is 7.58. The first kappa shape index (κ1) is 24.7. The lowest BCUT2D eigenvalue weighted by Crippen LogP contribution is -2.18. The lowest BCUT2D eigenvalue weighted by atomic mass is 10.2. The van der Waals surface area contributed by atoms with Gasteiger partial charge in [0.15, 0.2) is 0 Å². The molecule has 0 N–H and O–H groups in total. The second-order valence-corrected chi connectivity index (χ2v) is 10.0. The number of aromatic nitrogens is 2. The van der Waals surface area contributed by atoms with Gasteiger partial charge in [-0.2, -0.15) is 0 Å². The monoisotopic (exact) mass is 494 g/mol. The highest BCUT2D eigenvalue weighted by Gasteiger charge is 2.20. The summed E-state index contributed by atoms with van der Waals surface area (Å²) in [6, 6.07) is 7.39. The number of hydrogen-bond donors (Lipinski definition) is 0. The predicted molar refractivity (Wildman–Crippen MR) is 132 cm³/mol. The van der Waals surface area contributed by atoms with E-state index in [-0.39, 0.29) is 24.1 Å². The Morgan fingerprint density at radius 1 is 1.06 bits per heavy atom. The van der Waals surface area contributed by atoms with Gasteiger partial charge in [0.25, 0.3) is 0 Å². The molecule has 172 valence electrons. The summed E-state index contributed by atoms with van der Waals surface area (Å²) < 4.78 is 11.0. The van der Waals surface area contributed by atoms with Crippen LogP contribution in [0, 0.1) is 5.92 Å². The molecule has 0 amide bonds. The van der Waals surface area contributed by atoms with Crippen LogP contribution in [0.1, 0.15) is 53.4 Å². The van der Waals surface area contributed by atoms with Crippen LogP contribution in [0.4, 0.5) is 0 Å². The molecule has 8 heteroatoms. The van der Waals surface area contributed by atoms with E-state index in [4.69, 9.17) is 32.7 Å². The average molecular weight is 495 g/mol. The number of halogens is 2. The van der Waals surface area contributed by atoms with Crippen LogP contribution in [-0.4, -0.2) is 28.1 Å². The summed E-state index contributed by atoms with van der Waals surface area (Å²) in [6.45, 7) is 7.66. The van der Waals surface area contributed by atoms with Gasteiger partial charge in [-0.05, 0) is 63.1 Å². The SMILES string of the molecule is CC(C)C(=O)OC1CCCC1.CC(C)Oc1nc2cc(Cl)c(Cl)cc2nc1-c1cccs1. The first-order valence-electron chi connectivity index (χ1n) is 10.8. The van der Waals surface area contributed by atoms with Gasteiger partial charge in [0.05, 0.1) is 38.0 Å². The third kappa shape index (κ3) is 6.56. The summed E-state index contributed by atoms with van der Waals surface area (Å²) in [7, 11) is 0. The molecule has 32 heavy (non-hydrogen) atoms. The van der Waals surface area contributed by atoms with Crippen LogP contribution in [0.2, 0.25) is 10.0 Å². The first-order chi connectivity index (χ1) is 15.2. The Balaban J connectivity index is 0.000000222. The van der Waals surface area contributed by atoms with Gasteiger partial charge in [0.2, 0.25) is 5.88 Å². The largest absolute Gasteiger partial charge is 0.473 e. The fourth-order valence-corrected chi connectivity index (χ4v) is 4.24. The quantitative estimate of drug-likeness (QED) is 0.342. The second-order valence-electron chi connectivity index (χ2n) is 8.27. The van der Waals surface area contributed by atoms with Gasteiger partial charge >= 0.3 is 5.97 Å². The lowest BCUT2D eigenvalue weighted by Gasteiger charge is -2.13. The van der Waals surface area contributed by atoms with Crippen molar-refractivity contribution in [3.8, 4) is 16.5 Å². The third-order valence-electron chi connectivity index (χ3n) is 4.83. The second kappa shape index (κ2) is 11.3. The minimum atomic E-state index is -0.0445. The molecule has 0 saturated heterocycles. The molecular formula is C24H28Cl2N2O3S. The van der Waals surface area contributed by atoms with Crippen molar-refractivity contribution in [3.63, 3.8) is 0 Å². The molecule has 0 unspecified atom stereocenters. The van der Waals surface area contributed by atoms with Crippen molar-refractivity contribution in [2.45, 2.75) is 65.6 Å². The fourth-order valence-electron chi connectivity index (χ4n) is 3.22. The zero-order valence-electron chi connectivity index (χ0n) is 18.7. The standard InChI is InChI=1S/C15H12Cl2N2OS.C9H16O2/c1-8(2)20-15-14(13-4-3-5-21-13)18-11-6-9(16)10(17)7-12(11)19-15;1-7(2)9(10)11-8-5-3-4-6-8/h3-8H,1-2H3;7-8H,3-6H2,1-2H3. The molecule has 0 bridgehead atoms. The lowest BCUT2D eigenvalue weighted by molar-refractivity contribution is -0.152. The Labute approximate surface area is 203 Å². The van der Waals surface area contributed by atoms with Crippen LogP contribution in [0.5, 0.6) is 5.88 Å². The normalized spacial score (nSPS) is 14.0. The first-order valence-corrected chi connectivity index (χ1v) is 12.5. The smallest absolute Gasteiger partial charge is 0.308 e. The van der Waals surface area contributed by atoms with Crippen LogP contribution in [0.25, 0.3) is 21.6 Å². The van der Waals surface area contributed by atoms with Gasteiger partial charge in [-0.3, -0.25) is 4.79 Å². The van der Waals surface area contributed by atoms with Crippen LogP contribution in [0.15, 0.2) is 29.6 Å². The van der Waals surface area contributed by atoms with Crippen LogP contribution < -0.4 is 4.74 Å². The number of hydrogen-bond acceptors (Lipinski definition) is 6. The molecule has 5 nitrogen and oxygen atoms in total. The number of esters is 1. The van der Waals surface area contributed by atoms with E-state index in [2.05, 4.69) is 9.97 Å². The molecule has 1 fully saturated rings. The van der Waals surface area contributed by atoms with Crippen LogP contribution >= 0.6 is 34.5 Å². The van der Waals surface area contributed by atoms with E-state index in [1.54, 1.807) is 23.5 Å². The minimum absolute atomic E-state index is 0.0123. The number of thiophene rings is 1. The van der Waals surface area contributed by atoms with E-state index in [0.29, 0.717) is 27.0 Å². The van der Waals surface area contributed by atoms with Gasteiger partial charge in [-0.15, -0.1) is 11.3 Å². The molecule has 0 atom stereocenters. The van der Waals surface area contributed by atoms with E-state index < -0.39 is 0 Å². The van der Waals surface area contributed by atoms with Crippen molar-refractivity contribution in [2.75, 3.05) is 0 Å². The molecule has 1 aliphatic rings. The van der Waals surface area contributed by atoms with E-state index in [0.717, 1.165) is 23.4 Å². The Kier molecular flexibility index (Phi) is 8.74. The number of ether oxygens (including phenoxy) is 2. The molecule has 2 heterocycles. The Morgan fingerprint density at radius 3 is 2.22 bits per heavy atom. The van der Waals surface area contributed by atoms with Crippen molar-refractivity contribution < 1.29 is 14.3 Å². The summed E-state index contributed by atoms with van der Waals surface area (Å²) in [4.78, 5) is 21.3. The highest BCUT2D eigenvalue weighted by atomic mass is 35.5. The van der Waals surface area contributed by atoms with E-state index in [1.807, 2.05) is 45.2 Å². The molecule has 0 spiro atoms. The minimum Gasteiger partial charge on any atom is -0.473 e. The topological polar surface area (TPSA) is 61.3 Å². The maximum absolute atomic E-state index is 11.1. The molecule has 0 aliphatic heterocycles. The highest BCUT2D eigenvalue weighted by Crippen LogP contribution is 2.34. The fraction of sp³-hybridized carbons (Fsp3) is 0.458.